The van der Waals surface area contributed by atoms with Crippen LogP contribution < -0.4 is 0 Å². The van der Waals surface area contributed by atoms with Gasteiger partial charge in [-0.2, -0.15) is 0 Å². The molecule has 5 rings (SSSR count). The number of hydrogen-bond acceptors (Lipinski definition) is 2. The Balaban J connectivity index is 1.58. The Bertz CT molecular complexity index is 1160. The first-order valence-corrected chi connectivity index (χ1v) is 16.3. The molecule has 5 heteroatoms. The van der Waals surface area contributed by atoms with Crippen LogP contribution >= 0.6 is 7.44 Å². The van der Waals surface area contributed by atoms with E-state index in [0.717, 1.165) is 47.9 Å². The molecule has 1 aliphatic carbocycles. The van der Waals surface area contributed by atoms with Crippen molar-refractivity contribution in [2.45, 2.75) is 58.0 Å². The smallest absolute Gasteiger partial charge is 0.220 e. The van der Waals surface area contributed by atoms with Gasteiger partial charge in [0.05, 0.1) is 12.3 Å². The fourth-order valence-electron chi connectivity index (χ4n) is 5.88. The number of rotatable bonds is 13. The van der Waals surface area contributed by atoms with E-state index in [1.54, 1.807) is 0 Å². The predicted octanol–water partition coefficient (Wildman–Crippen LogP) is 8.14. The molecule has 0 aromatic heterocycles. The van der Waals surface area contributed by atoms with E-state index in [9.17, 15) is 5.11 Å². The molecule has 0 aliphatic heterocycles. The van der Waals surface area contributed by atoms with Gasteiger partial charge in [-0.05, 0) is 41.0 Å². The van der Waals surface area contributed by atoms with Crippen molar-refractivity contribution in [3.8, 4) is 0 Å². The molecular formula is C35H41N2O2P. The first-order valence-electron chi connectivity index (χ1n) is 14.5. The van der Waals surface area contributed by atoms with Crippen LogP contribution in [0.5, 0.6) is 0 Å². The highest BCUT2D eigenvalue weighted by molar-refractivity contribution is 7.59. The molecule has 1 fully saturated rings. The Labute approximate surface area is 239 Å². The van der Waals surface area contributed by atoms with Crippen molar-refractivity contribution in [2.75, 3.05) is 6.16 Å². The topological polar surface area (TPSA) is 43.8 Å². The standard InChI is InChI=1S/C35H41N2O2P/c38-35(34-23-13-14-24-34)29-40(39,36(25-30-15-5-1-6-16-30)26-31-17-7-2-8-18-31)37(27-32-19-9-3-10-20-32)28-33-21-11-4-12-22-33/h1-12,15-22,34-35,38H,13-14,23-29H2/t35-/m1/s1. The highest BCUT2D eigenvalue weighted by atomic mass is 31.2. The van der Waals surface area contributed by atoms with E-state index in [-0.39, 0.29) is 12.1 Å². The molecule has 1 saturated carbocycles. The zero-order valence-corrected chi connectivity index (χ0v) is 24.2. The van der Waals surface area contributed by atoms with E-state index in [1.807, 2.05) is 72.8 Å². The van der Waals surface area contributed by atoms with Gasteiger partial charge in [-0.25, -0.2) is 9.34 Å². The zero-order valence-electron chi connectivity index (χ0n) is 23.3. The van der Waals surface area contributed by atoms with E-state index < -0.39 is 13.5 Å². The fraction of sp³-hybridized carbons (Fsp3) is 0.314. The van der Waals surface area contributed by atoms with Crippen LogP contribution in [0, 0.1) is 5.92 Å². The molecule has 0 heterocycles. The average molecular weight is 553 g/mol. The first kappa shape index (κ1) is 28.5. The van der Waals surface area contributed by atoms with Crippen molar-refractivity contribution >= 4 is 7.44 Å². The molecule has 4 aromatic rings. The second-order valence-corrected chi connectivity index (χ2v) is 13.9. The van der Waals surface area contributed by atoms with Crippen molar-refractivity contribution in [3.05, 3.63) is 144 Å². The summed E-state index contributed by atoms with van der Waals surface area (Å²) in [5.74, 6) is 0.207. The maximum atomic E-state index is 15.9. The highest BCUT2D eigenvalue weighted by Gasteiger charge is 2.41. The minimum absolute atomic E-state index is 0.207. The summed E-state index contributed by atoms with van der Waals surface area (Å²) in [6.45, 7) is 2.18. The van der Waals surface area contributed by atoms with Crippen molar-refractivity contribution in [1.29, 1.82) is 0 Å². The van der Waals surface area contributed by atoms with Gasteiger partial charge in [0.1, 0.15) is 0 Å². The molecule has 40 heavy (non-hydrogen) atoms. The summed E-state index contributed by atoms with van der Waals surface area (Å²) in [7, 11) is -3.29. The van der Waals surface area contributed by atoms with Gasteiger partial charge in [0.15, 0.2) is 0 Å². The first-order chi connectivity index (χ1) is 19.6. The van der Waals surface area contributed by atoms with Crippen LogP contribution in [0.3, 0.4) is 0 Å². The molecule has 4 aromatic carbocycles. The molecule has 1 aliphatic rings. The number of benzene rings is 4. The number of aliphatic hydroxyl groups excluding tert-OH is 1. The van der Waals surface area contributed by atoms with Crippen molar-refractivity contribution in [2.24, 2.45) is 5.92 Å². The molecule has 0 radical (unpaired) electrons. The van der Waals surface area contributed by atoms with Gasteiger partial charge in [-0.3, -0.25) is 4.57 Å². The summed E-state index contributed by atoms with van der Waals surface area (Å²) in [5.41, 5.74) is 4.48. The largest absolute Gasteiger partial charge is 0.392 e. The predicted molar refractivity (Wildman–Crippen MR) is 165 cm³/mol. The number of nitrogens with zero attached hydrogens (tertiary/aromatic N) is 2. The van der Waals surface area contributed by atoms with Crippen molar-refractivity contribution in [3.63, 3.8) is 0 Å². The van der Waals surface area contributed by atoms with E-state index >= 15 is 4.57 Å². The van der Waals surface area contributed by atoms with E-state index in [2.05, 4.69) is 57.9 Å². The molecule has 1 atom stereocenters. The van der Waals surface area contributed by atoms with Crippen LogP contribution in [0.15, 0.2) is 121 Å². The highest BCUT2D eigenvalue weighted by Crippen LogP contribution is 2.57. The summed E-state index contributed by atoms with van der Waals surface area (Å²) < 4.78 is 20.2. The summed E-state index contributed by atoms with van der Waals surface area (Å²) in [6.07, 6.45) is 3.96. The van der Waals surface area contributed by atoms with Gasteiger partial charge in [0.25, 0.3) is 0 Å². The molecular weight excluding hydrogens is 511 g/mol. The SMILES string of the molecule is O=P(C[C@@H](O)C1CCCC1)(N(Cc1ccccc1)Cc1ccccc1)N(Cc1ccccc1)Cc1ccccc1. The summed E-state index contributed by atoms with van der Waals surface area (Å²) in [5, 5.41) is 11.6. The van der Waals surface area contributed by atoms with Crippen molar-refractivity contribution in [1.82, 2.24) is 9.34 Å². The van der Waals surface area contributed by atoms with Crippen LogP contribution in [-0.2, 0) is 30.7 Å². The quantitative estimate of drug-likeness (QED) is 0.170. The Morgan fingerprint density at radius 2 is 0.875 bits per heavy atom. The lowest BCUT2D eigenvalue weighted by molar-refractivity contribution is 0.126. The van der Waals surface area contributed by atoms with Gasteiger partial charge in [-0.15, -0.1) is 0 Å². The Morgan fingerprint density at radius 1 is 0.575 bits per heavy atom. The van der Waals surface area contributed by atoms with Crippen LogP contribution in [-0.4, -0.2) is 26.7 Å². The Hall–Kier alpha value is -3.01. The van der Waals surface area contributed by atoms with Crippen LogP contribution in [0.2, 0.25) is 0 Å². The van der Waals surface area contributed by atoms with E-state index in [0.29, 0.717) is 26.2 Å². The fourth-order valence-corrected chi connectivity index (χ4v) is 9.02. The summed E-state index contributed by atoms with van der Waals surface area (Å²) in [4.78, 5) is 0. The minimum Gasteiger partial charge on any atom is -0.392 e. The van der Waals surface area contributed by atoms with Gasteiger partial charge in [-0.1, -0.05) is 134 Å². The third-order valence-electron chi connectivity index (χ3n) is 8.08. The maximum absolute atomic E-state index is 15.9. The van der Waals surface area contributed by atoms with E-state index in [1.165, 1.54) is 0 Å². The lowest BCUT2D eigenvalue weighted by Crippen LogP contribution is -2.37. The lowest BCUT2D eigenvalue weighted by atomic mass is 10.0. The number of aliphatic hydroxyl groups is 1. The molecule has 1 N–H and O–H groups in total. The van der Waals surface area contributed by atoms with Gasteiger partial charge in [0.2, 0.25) is 7.44 Å². The Kier molecular flexibility index (Phi) is 10.0. The summed E-state index contributed by atoms with van der Waals surface area (Å²) in [6, 6.07) is 41.3. The molecule has 0 amide bonds. The molecule has 0 bridgehead atoms. The molecule has 0 saturated heterocycles. The number of hydrogen-bond donors (Lipinski definition) is 1. The van der Waals surface area contributed by atoms with Crippen molar-refractivity contribution < 1.29 is 9.67 Å². The van der Waals surface area contributed by atoms with E-state index in [4.69, 9.17) is 0 Å². The lowest BCUT2D eigenvalue weighted by Gasteiger charge is -2.41. The Morgan fingerprint density at radius 3 is 1.18 bits per heavy atom. The van der Waals surface area contributed by atoms with Gasteiger partial charge >= 0.3 is 0 Å². The third kappa shape index (κ3) is 7.59. The normalized spacial score (nSPS) is 15.1. The zero-order chi connectivity index (χ0) is 27.6. The van der Waals surface area contributed by atoms with Gasteiger partial charge < -0.3 is 5.11 Å². The van der Waals surface area contributed by atoms with Crippen LogP contribution in [0.25, 0.3) is 0 Å². The third-order valence-corrected chi connectivity index (χ3v) is 11.3. The average Bonchev–Trinajstić information content (AvgIpc) is 3.54. The van der Waals surface area contributed by atoms with Crippen LogP contribution in [0.1, 0.15) is 47.9 Å². The summed E-state index contributed by atoms with van der Waals surface area (Å²) >= 11 is 0. The van der Waals surface area contributed by atoms with Crippen LogP contribution in [0.4, 0.5) is 0 Å². The second-order valence-electron chi connectivity index (χ2n) is 11.0. The molecule has 0 unspecified atom stereocenters. The monoisotopic (exact) mass is 552 g/mol. The minimum atomic E-state index is -3.29. The molecule has 208 valence electrons. The van der Waals surface area contributed by atoms with Gasteiger partial charge in [0, 0.05) is 26.2 Å². The maximum Gasteiger partial charge on any atom is 0.220 e. The molecule has 0 spiro atoms. The molecule has 4 nitrogen and oxygen atoms in total. The second kappa shape index (κ2) is 14.1.